The molecule has 0 saturated carbocycles. The molecule has 24 heavy (non-hydrogen) atoms. The fourth-order valence-corrected chi connectivity index (χ4v) is 3.21. The fraction of sp³-hybridized carbons (Fsp3) is 0.882. The number of hydrogen-bond acceptors (Lipinski definition) is 5. The summed E-state index contributed by atoms with van der Waals surface area (Å²) in [6, 6.07) is -0.277. The lowest BCUT2D eigenvalue weighted by Crippen LogP contribution is -2.54. The Morgan fingerprint density at radius 1 is 1.33 bits per heavy atom. The average Bonchev–Trinajstić information content (AvgIpc) is 2.99. The smallest absolute Gasteiger partial charge is 0.412 e. The second-order valence-electron chi connectivity index (χ2n) is 7.99. The number of carbonyl (C=O) groups excluding carboxylic acids is 2. The van der Waals surface area contributed by atoms with Crippen molar-refractivity contribution in [3.05, 3.63) is 0 Å². The Hall–Kier alpha value is -1.34. The van der Waals surface area contributed by atoms with Gasteiger partial charge >= 0.3 is 6.09 Å². The van der Waals surface area contributed by atoms with Crippen LogP contribution < -0.4 is 5.32 Å². The molecule has 2 aliphatic rings. The first kappa shape index (κ1) is 19.0. The van der Waals surface area contributed by atoms with Crippen molar-refractivity contribution in [3.8, 4) is 0 Å². The molecule has 3 atom stereocenters. The van der Waals surface area contributed by atoms with Gasteiger partial charge in [0, 0.05) is 13.2 Å². The number of amides is 2. The van der Waals surface area contributed by atoms with Crippen LogP contribution in [0.4, 0.5) is 4.79 Å². The van der Waals surface area contributed by atoms with Crippen LogP contribution in [0.25, 0.3) is 0 Å². The summed E-state index contributed by atoms with van der Waals surface area (Å²) in [6.45, 7) is 12.5. The Balaban J connectivity index is 2.04. The van der Waals surface area contributed by atoms with Gasteiger partial charge in [-0.2, -0.15) is 0 Å². The van der Waals surface area contributed by atoms with Crippen LogP contribution in [0.3, 0.4) is 0 Å². The third-order valence-corrected chi connectivity index (χ3v) is 4.30. The maximum Gasteiger partial charge on any atom is 0.412 e. The summed E-state index contributed by atoms with van der Waals surface area (Å²) in [5, 5.41) is 2.93. The van der Waals surface area contributed by atoms with E-state index in [1.165, 1.54) is 0 Å². The number of hydrogen-bond donors (Lipinski definition) is 1. The molecule has 0 bridgehead atoms. The first-order valence-corrected chi connectivity index (χ1v) is 8.57. The molecule has 0 radical (unpaired) electrons. The Kier molecular flexibility index (Phi) is 5.44. The lowest BCUT2D eigenvalue weighted by Gasteiger charge is -2.35. The zero-order valence-corrected chi connectivity index (χ0v) is 15.5. The van der Waals surface area contributed by atoms with Gasteiger partial charge in [-0.3, -0.25) is 9.69 Å². The monoisotopic (exact) mass is 342 g/mol. The second kappa shape index (κ2) is 6.88. The first-order chi connectivity index (χ1) is 11.0. The van der Waals surface area contributed by atoms with Gasteiger partial charge in [-0.15, -0.1) is 0 Å². The minimum atomic E-state index is -0.784. The third kappa shape index (κ3) is 4.39. The van der Waals surface area contributed by atoms with Gasteiger partial charge in [0.15, 0.2) is 0 Å². The summed E-state index contributed by atoms with van der Waals surface area (Å²) in [5.41, 5.74) is -1.37. The van der Waals surface area contributed by atoms with Gasteiger partial charge in [0.1, 0.15) is 11.3 Å². The molecular formula is C17H30N2O5. The van der Waals surface area contributed by atoms with Crippen molar-refractivity contribution in [2.75, 3.05) is 19.8 Å². The van der Waals surface area contributed by atoms with Gasteiger partial charge in [-0.25, -0.2) is 4.79 Å². The molecule has 0 aliphatic carbocycles. The highest BCUT2D eigenvalue weighted by Gasteiger charge is 2.49. The van der Waals surface area contributed by atoms with Gasteiger partial charge in [0.05, 0.1) is 24.7 Å². The molecule has 2 fully saturated rings. The van der Waals surface area contributed by atoms with Crippen molar-refractivity contribution in [1.82, 2.24) is 10.2 Å². The van der Waals surface area contributed by atoms with E-state index in [4.69, 9.17) is 14.2 Å². The van der Waals surface area contributed by atoms with Crippen LogP contribution in [0, 0.1) is 5.92 Å². The Morgan fingerprint density at radius 3 is 2.54 bits per heavy atom. The summed E-state index contributed by atoms with van der Waals surface area (Å²) >= 11 is 0. The number of rotatable bonds is 3. The predicted octanol–water partition coefficient (Wildman–Crippen LogP) is 1.90. The molecule has 138 valence electrons. The summed E-state index contributed by atoms with van der Waals surface area (Å²) in [6.07, 6.45) is 0.108. The van der Waals surface area contributed by atoms with Crippen LogP contribution in [0.5, 0.6) is 0 Å². The topological polar surface area (TPSA) is 77.1 Å². The molecule has 0 aromatic rings. The van der Waals surface area contributed by atoms with Crippen molar-refractivity contribution >= 4 is 12.0 Å². The molecule has 2 heterocycles. The molecule has 0 aromatic carbocycles. The second-order valence-corrected chi connectivity index (χ2v) is 7.99. The van der Waals surface area contributed by atoms with E-state index in [2.05, 4.69) is 5.32 Å². The van der Waals surface area contributed by atoms with Crippen LogP contribution in [-0.2, 0) is 19.0 Å². The van der Waals surface area contributed by atoms with E-state index in [1.54, 1.807) is 4.90 Å². The molecule has 0 spiro atoms. The molecule has 7 heteroatoms. The van der Waals surface area contributed by atoms with Crippen molar-refractivity contribution < 1.29 is 23.8 Å². The van der Waals surface area contributed by atoms with Gasteiger partial charge in [0.25, 0.3) is 0 Å². The molecule has 1 N–H and O–H groups in total. The van der Waals surface area contributed by atoms with Crippen LogP contribution in [-0.4, -0.2) is 60.1 Å². The van der Waals surface area contributed by atoms with Gasteiger partial charge in [0.2, 0.25) is 5.91 Å². The van der Waals surface area contributed by atoms with E-state index in [-0.39, 0.29) is 24.0 Å². The highest BCUT2D eigenvalue weighted by atomic mass is 16.6. The Labute approximate surface area is 144 Å². The number of ether oxygens (including phenoxy) is 3. The Bertz CT molecular complexity index is 480. The fourth-order valence-electron chi connectivity index (χ4n) is 3.21. The summed E-state index contributed by atoms with van der Waals surface area (Å²) in [4.78, 5) is 26.4. The highest BCUT2D eigenvalue weighted by molar-refractivity contribution is 5.79. The van der Waals surface area contributed by atoms with E-state index in [9.17, 15) is 9.59 Å². The zero-order valence-electron chi connectivity index (χ0n) is 15.5. The summed E-state index contributed by atoms with van der Waals surface area (Å²) in [7, 11) is 0. The highest BCUT2D eigenvalue weighted by Crippen LogP contribution is 2.33. The van der Waals surface area contributed by atoms with Crippen LogP contribution in [0.2, 0.25) is 0 Å². The Morgan fingerprint density at radius 2 is 2.00 bits per heavy atom. The predicted molar refractivity (Wildman–Crippen MR) is 88.4 cm³/mol. The maximum absolute atomic E-state index is 12.6. The average molecular weight is 342 g/mol. The van der Waals surface area contributed by atoms with Crippen molar-refractivity contribution in [2.45, 2.75) is 71.4 Å². The summed E-state index contributed by atoms with van der Waals surface area (Å²) in [5.74, 6) is -0.140. The molecule has 2 amide bonds. The molecule has 2 saturated heterocycles. The quantitative estimate of drug-likeness (QED) is 0.848. The number of nitrogens with zero attached hydrogens (tertiary/aromatic N) is 1. The minimum absolute atomic E-state index is 0.0338. The van der Waals surface area contributed by atoms with Crippen LogP contribution >= 0.6 is 0 Å². The molecule has 2 rings (SSSR count). The number of carbonyl (C=O) groups is 2. The molecular weight excluding hydrogens is 312 g/mol. The van der Waals surface area contributed by atoms with Gasteiger partial charge < -0.3 is 19.5 Å². The van der Waals surface area contributed by atoms with E-state index in [0.29, 0.717) is 19.8 Å². The van der Waals surface area contributed by atoms with E-state index >= 15 is 0 Å². The lowest BCUT2D eigenvalue weighted by atomic mass is 10.1. The SMILES string of the molecule is C[C@@H]1OC(C)(C)N(C(=O)OC(C)(C)C)[C@H]1CNC(=O)[C@@H]1CCOC1. The van der Waals surface area contributed by atoms with E-state index in [1.807, 2.05) is 41.5 Å². The molecule has 0 aromatic heterocycles. The summed E-state index contributed by atoms with van der Waals surface area (Å²) < 4.78 is 16.7. The van der Waals surface area contributed by atoms with Crippen LogP contribution in [0.15, 0.2) is 0 Å². The number of nitrogens with one attached hydrogen (secondary N) is 1. The zero-order chi connectivity index (χ0) is 18.1. The van der Waals surface area contributed by atoms with E-state index < -0.39 is 17.4 Å². The molecule has 0 unspecified atom stereocenters. The lowest BCUT2D eigenvalue weighted by molar-refractivity contribution is -0.125. The van der Waals surface area contributed by atoms with Gasteiger partial charge in [-0.05, 0) is 48.0 Å². The third-order valence-electron chi connectivity index (χ3n) is 4.30. The molecule has 2 aliphatic heterocycles. The molecule has 7 nitrogen and oxygen atoms in total. The standard InChI is InChI=1S/C17H30N2O5/c1-11-13(9-18-14(20)12-7-8-22-10-12)19(17(5,6)23-11)15(21)24-16(2,3)4/h11-13H,7-10H2,1-6H3,(H,18,20)/t11-,12+,13-/m0/s1. The van der Waals surface area contributed by atoms with E-state index in [0.717, 1.165) is 6.42 Å². The maximum atomic E-state index is 12.6. The van der Waals surface area contributed by atoms with Gasteiger partial charge in [-0.1, -0.05) is 0 Å². The normalized spacial score (nSPS) is 29.6. The van der Waals surface area contributed by atoms with Crippen molar-refractivity contribution in [2.24, 2.45) is 5.92 Å². The van der Waals surface area contributed by atoms with Crippen molar-refractivity contribution in [1.29, 1.82) is 0 Å². The first-order valence-electron chi connectivity index (χ1n) is 8.57. The minimum Gasteiger partial charge on any atom is -0.444 e. The van der Waals surface area contributed by atoms with Crippen LogP contribution in [0.1, 0.15) is 48.0 Å². The van der Waals surface area contributed by atoms with Crippen molar-refractivity contribution in [3.63, 3.8) is 0 Å². The largest absolute Gasteiger partial charge is 0.444 e.